The Bertz CT molecular complexity index is 321. The lowest BCUT2D eigenvalue weighted by atomic mass is 9.87. The molecule has 0 aromatic rings. The van der Waals surface area contributed by atoms with E-state index in [1.54, 1.807) is 20.8 Å². The van der Waals surface area contributed by atoms with Gasteiger partial charge in [0.15, 0.2) is 0 Å². The van der Waals surface area contributed by atoms with Crippen LogP contribution in [0.3, 0.4) is 0 Å². The first-order valence-electron chi connectivity index (χ1n) is 5.64. The van der Waals surface area contributed by atoms with Crippen LogP contribution >= 0.6 is 0 Å². The number of hydrogen-bond acceptors (Lipinski definition) is 5. The highest BCUT2D eigenvalue weighted by atomic mass is 16.6. The van der Waals surface area contributed by atoms with E-state index >= 15 is 0 Å². The van der Waals surface area contributed by atoms with Gasteiger partial charge in [-0.15, -0.1) is 0 Å². The van der Waals surface area contributed by atoms with Crippen molar-refractivity contribution in [2.45, 2.75) is 32.7 Å². The first-order chi connectivity index (χ1) is 7.98. The lowest BCUT2D eigenvalue weighted by Gasteiger charge is -2.27. The topological polar surface area (TPSA) is 81.7 Å². The Kier molecular flexibility index (Phi) is 4.09. The molecule has 0 saturated carbocycles. The van der Waals surface area contributed by atoms with Crippen LogP contribution < -0.4 is 5.32 Å². The van der Waals surface area contributed by atoms with Crippen molar-refractivity contribution in [2.24, 2.45) is 5.92 Å². The second kappa shape index (κ2) is 5.16. The molecule has 1 rings (SSSR count). The van der Waals surface area contributed by atoms with Crippen molar-refractivity contribution in [1.29, 1.82) is 0 Å². The quantitative estimate of drug-likeness (QED) is 0.555. The monoisotopic (exact) mass is 243 g/mol. The van der Waals surface area contributed by atoms with E-state index in [4.69, 9.17) is 9.47 Å². The van der Waals surface area contributed by atoms with Gasteiger partial charge in [-0.3, -0.25) is 4.79 Å². The molecular formula is C11H17NO5. The number of carbonyl (C=O) groups excluding carboxylic acids is 3. The van der Waals surface area contributed by atoms with E-state index in [0.29, 0.717) is 0 Å². The van der Waals surface area contributed by atoms with Gasteiger partial charge in [0.25, 0.3) is 0 Å². The average molecular weight is 243 g/mol. The third-order valence-electron chi connectivity index (χ3n) is 2.76. The molecule has 1 heterocycles. The number of hydrogen-bond donors (Lipinski definition) is 1. The molecule has 1 aliphatic heterocycles. The highest BCUT2D eigenvalue weighted by Gasteiger charge is 2.58. The Hall–Kier alpha value is -1.59. The summed E-state index contributed by atoms with van der Waals surface area (Å²) in [6, 6.07) is 0. The predicted molar refractivity (Wildman–Crippen MR) is 57.9 cm³/mol. The Morgan fingerprint density at radius 1 is 1.29 bits per heavy atom. The minimum Gasteiger partial charge on any atom is -0.464 e. The molecule has 6 nitrogen and oxygen atoms in total. The number of amides is 1. The van der Waals surface area contributed by atoms with Crippen molar-refractivity contribution in [2.75, 3.05) is 13.2 Å². The summed E-state index contributed by atoms with van der Waals surface area (Å²) in [6.07, 6.45) is 0.109. The SMILES string of the molecule is CCOC(=O)C1(C(=O)OCC)NC(=O)C[C@@H]1C. The van der Waals surface area contributed by atoms with Crippen LogP contribution in [0.1, 0.15) is 27.2 Å². The van der Waals surface area contributed by atoms with Gasteiger partial charge in [-0.2, -0.15) is 0 Å². The second-order valence-corrected chi connectivity index (χ2v) is 3.90. The summed E-state index contributed by atoms with van der Waals surface area (Å²) in [6.45, 7) is 5.20. The summed E-state index contributed by atoms with van der Waals surface area (Å²) < 4.78 is 9.72. The summed E-state index contributed by atoms with van der Waals surface area (Å²) in [5.74, 6) is -2.33. The molecule has 0 aromatic carbocycles. The number of ether oxygens (including phenoxy) is 2. The fraction of sp³-hybridized carbons (Fsp3) is 0.727. The van der Waals surface area contributed by atoms with E-state index in [-0.39, 0.29) is 25.5 Å². The molecule has 17 heavy (non-hydrogen) atoms. The molecule has 0 radical (unpaired) electrons. The van der Waals surface area contributed by atoms with E-state index in [1.807, 2.05) is 0 Å². The fourth-order valence-electron chi connectivity index (χ4n) is 1.90. The summed E-state index contributed by atoms with van der Waals surface area (Å²) >= 11 is 0. The molecule has 1 saturated heterocycles. The second-order valence-electron chi connectivity index (χ2n) is 3.90. The van der Waals surface area contributed by atoms with Gasteiger partial charge in [0.2, 0.25) is 11.4 Å². The van der Waals surface area contributed by atoms with Crippen molar-refractivity contribution < 1.29 is 23.9 Å². The van der Waals surface area contributed by atoms with Crippen LogP contribution in [0.4, 0.5) is 0 Å². The maximum Gasteiger partial charge on any atom is 0.343 e. The third kappa shape index (κ3) is 2.25. The molecular weight excluding hydrogens is 226 g/mol. The fourth-order valence-corrected chi connectivity index (χ4v) is 1.90. The van der Waals surface area contributed by atoms with Gasteiger partial charge in [0.05, 0.1) is 13.2 Å². The first kappa shape index (κ1) is 13.5. The van der Waals surface area contributed by atoms with E-state index < -0.39 is 23.4 Å². The molecule has 0 unspecified atom stereocenters. The summed E-state index contributed by atoms with van der Waals surface area (Å²) in [5, 5.41) is 2.40. The van der Waals surface area contributed by atoms with Gasteiger partial charge in [0, 0.05) is 12.3 Å². The number of rotatable bonds is 4. The van der Waals surface area contributed by atoms with Crippen molar-refractivity contribution >= 4 is 17.8 Å². The van der Waals surface area contributed by atoms with Gasteiger partial charge >= 0.3 is 11.9 Å². The van der Waals surface area contributed by atoms with Crippen LogP contribution in [0.2, 0.25) is 0 Å². The minimum atomic E-state index is -1.68. The van der Waals surface area contributed by atoms with E-state index in [9.17, 15) is 14.4 Å². The Labute approximate surface area is 99.6 Å². The van der Waals surface area contributed by atoms with Crippen molar-refractivity contribution in [1.82, 2.24) is 5.32 Å². The summed E-state index contributed by atoms with van der Waals surface area (Å²) in [4.78, 5) is 35.2. The molecule has 0 spiro atoms. The molecule has 1 aliphatic rings. The molecule has 1 atom stereocenters. The van der Waals surface area contributed by atoms with Crippen LogP contribution in [0, 0.1) is 5.92 Å². The number of nitrogens with one attached hydrogen (secondary N) is 1. The molecule has 0 aliphatic carbocycles. The summed E-state index contributed by atoms with van der Waals surface area (Å²) in [7, 11) is 0. The Morgan fingerprint density at radius 2 is 1.76 bits per heavy atom. The predicted octanol–water partition coefficient (Wildman–Crippen LogP) is 0.00740. The van der Waals surface area contributed by atoms with Gasteiger partial charge in [0.1, 0.15) is 0 Å². The van der Waals surface area contributed by atoms with E-state index in [0.717, 1.165) is 0 Å². The van der Waals surface area contributed by atoms with Gasteiger partial charge < -0.3 is 14.8 Å². The van der Waals surface area contributed by atoms with Crippen molar-refractivity contribution in [3.63, 3.8) is 0 Å². The van der Waals surface area contributed by atoms with E-state index in [2.05, 4.69) is 5.32 Å². The molecule has 0 bridgehead atoms. The standard InChI is InChI=1S/C11H17NO5/c1-4-16-9(14)11(10(15)17-5-2)7(3)6-8(13)12-11/h7H,4-6H2,1-3H3,(H,12,13)/t7-/m0/s1. The highest BCUT2D eigenvalue weighted by Crippen LogP contribution is 2.30. The average Bonchev–Trinajstić information content (AvgIpc) is 2.55. The Balaban J connectivity index is 3.04. The van der Waals surface area contributed by atoms with E-state index in [1.165, 1.54) is 0 Å². The van der Waals surface area contributed by atoms with Crippen molar-refractivity contribution in [3.05, 3.63) is 0 Å². The zero-order valence-corrected chi connectivity index (χ0v) is 10.2. The number of esters is 2. The molecule has 0 aromatic heterocycles. The van der Waals surface area contributed by atoms with Gasteiger partial charge in [-0.1, -0.05) is 6.92 Å². The molecule has 6 heteroatoms. The minimum absolute atomic E-state index is 0.109. The zero-order chi connectivity index (χ0) is 13.1. The van der Waals surface area contributed by atoms with Crippen LogP contribution in [-0.4, -0.2) is 36.6 Å². The Morgan fingerprint density at radius 3 is 2.06 bits per heavy atom. The van der Waals surface area contributed by atoms with Crippen LogP contribution in [0.25, 0.3) is 0 Å². The lowest BCUT2D eigenvalue weighted by Crippen LogP contribution is -2.60. The van der Waals surface area contributed by atoms with Gasteiger partial charge in [-0.25, -0.2) is 9.59 Å². The van der Waals surface area contributed by atoms with Crippen molar-refractivity contribution in [3.8, 4) is 0 Å². The highest BCUT2D eigenvalue weighted by molar-refractivity contribution is 6.10. The number of carbonyl (C=O) groups is 3. The maximum absolute atomic E-state index is 11.9. The van der Waals surface area contributed by atoms with Gasteiger partial charge in [-0.05, 0) is 13.8 Å². The van der Waals surface area contributed by atoms with Crippen LogP contribution in [0.15, 0.2) is 0 Å². The molecule has 96 valence electrons. The summed E-state index contributed by atoms with van der Waals surface area (Å²) in [5.41, 5.74) is -1.68. The first-order valence-corrected chi connectivity index (χ1v) is 5.64. The zero-order valence-electron chi connectivity index (χ0n) is 10.2. The third-order valence-corrected chi connectivity index (χ3v) is 2.76. The molecule has 1 amide bonds. The lowest BCUT2D eigenvalue weighted by molar-refractivity contribution is -0.168. The maximum atomic E-state index is 11.9. The largest absolute Gasteiger partial charge is 0.464 e. The smallest absolute Gasteiger partial charge is 0.343 e. The molecule has 1 fully saturated rings. The van der Waals surface area contributed by atoms with Crippen LogP contribution in [0.5, 0.6) is 0 Å². The normalized spacial score (nSPS) is 21.8. The van der Waals surface area contributed by atoms with Crippen LogP contribution in [-0.2, 0) is 23.9 Å². The molecule has 1 N–H and O–H groups in total.